The Kier molecular flexibility index (Phi) is 5.29. The molecule has 1 aromatic carbocycles. The van der Waals surface area contributed by atoms with Crippen LogP contribution in [0.5, 0.6) is 0 Å². The van der Waals surface area contributed by atoms with Gasteiger partial charge in [0.2, 0.25) is 0 Å². The van der Waals surface area contributed by atoms with E-state index >= 15 is 0 Å². The Morgan fingerprint density at radius 2 is 2.05 bits per heavy atom. The predicted octanol–water partition coefficient (Wildman–Crippen LogP) is 1.06. The van der Waals surface area contributed by atoms with Crippen LogP contribution in [0.1, 0.15) is 11.6 Å². The first-order chi connectivity index (χ1) is 9.70. The molecule has 2 rings (SSSR count). The Labute approximate surface area is 119 Å². The molecule has 0 amide bonds. The van der Waals surface area contributed by atoms with Crippen LogP contribution in [-0.4, -0.2) is 53.6 Å². The number of aliphatic hydroxyl groups is 1. The van der Waals surface area contributed by atoms with E-state index in [1.165, 1.54) is 0 Å². The number of nitrogens with zero attached hydrogens (tertiary/aromatic N) is 3. The van der Waals surface area contributed by atoms with Gasteiger partial charge in [-0.1, -0.05) is 18.2 Å². The third-order valence-corrected chi connectivity index (χ3v) is 3.16. The van der Waals surface area contributed by atoms with E-state index < -0.39 is 0 Å². The van der Waals surface area contributed by atoms with Gasteiger partial charge in [-0.2, -0.15) is 5.10 Å². The number of hydrogen-bond donors (Lipinski definition) is 2. The van der Waals surface area contributed by atoms with E-state index in [0.29, 0.717) is 0 Å². The average Bonchev–Trinajstić information content (AvgIpc) is 2.94. The van der Waals surface area contributed by atoms with Crippen LogP contribution in [0.2, 0.25) is 0 Å². The topological polar surface area (TPSA) is 53.3 Å². The van der Waals surface area contributed by atoms with E-state index in [2.05, 4.69) is 15.3 Å². The molecule has 0 spiro atoms. The molecule has 2 N–H and O–H groups in total. The van der Waals surface area contributed by atoms with Crippen molar-refractivity contribution in [2.75, 3.05) is 33.8 Å². The second-order valence-electron chi connectivity index (χ2n) is 5.05. The molecule has 1 aromatic heterocycles. The zero-order valence-corrected chi connectivity index (χ0v) is 12.0. The molecule has 108 valence electrons. The Balaban J connectivity index is 2.02. The average molecular weight is 274 g/mol. The van der Waals surface area contributed by atoms with Gasteiger partial charge in [0.05, 0.1) is 24.5 Å². The number of aliphatic hydroxyl groups excluding tert-OH is 1. The van der Waals surface area contributed by atoms with E-state index in [9.17, 15) is 5.11 Å². The smallest absolute Gasteiger partial charge is 0.0645 e. The van der Waals surface area contributed by atoms with E-state index in [1.807, 2.05) is 55.3 Å². The molecule has 0 saturated heterocycles. The summed E-state index contributed by atoms with van der Waals surface area (Å²) in [5.41, 5.74) is 2.01. The second kappa shape index (κ2) is 7.19. The lowest BCUT2D eigenvalue weighted by Gasteiger charge is -2.16. The summed E-state index contributed by atoms with van der Waals surface area (Å²) in [6.07, 6.45) is 3.76. The summed E-state index contributed by atoms with van der Waals surface area (Å²) in [6, 6.07) is 9.87. The lowest BCUT2D eigenvalue weighted by molar-refractivity contribution is 0.240. The normalized spacial score (nSPS) is 12.8. The van der Waals surface area contributed by atoms with Crippen molar-refractivity contribution in [3.63, 3.8) is 0 Å². The molecular formula is C15H22N4O. The number of aromatic nitrogens is 2. The number of benzene rings is 1. The molecule has 0 radical (unpaired) electrons. The van der Waals surface area contributed by atoms with Crippen LogP contribution in [0.15, 0.2) is 42.7 Å². The van der Waals surface area contributed by atoms with Gasteiger partial charge in [-0.3, -0.25) is 0 Å². The summed E-state index contributed by atoms with van der Waals surface area (Å²) in [4.78, 5) is 2.11. The molecule has 0 bridgehead atoms. The fourth-order valence-electron chi connectivity index (χ4n) is 1.99. The molecule has 1 unspecified atom stereocenters. The van der Waals surface area contributed by atoms with Crippen LogP contribution in [0, 0.1) is 0 Å². The van der Waals surface area contributed by atoms with Crippen molar-refractivity contribution in [2.45, 2.75) is 6.04 Å². The summed E-state index contributed by atoms with van der Waals surface area (Å²) in [5, 5.41) is 17.2. The first-order valence-electron chi connectivity index (χ1n) is 6.79. The summed E-state index contributed by atoms with van der Waals surface area (Å²) in [7, 11) is 4.06. The zero-order valence-electron chi connectivity index (χ0n) is 12.0. The summed E-state index contributed by atoms with van der Waals surface area (Å²) in [6.45, 7) is 1.83. The molecule has 0 aliphatic carbocycles. The minimum Gasteiger partial charge on any atom is -0.394 e. The SMILES string of the molecule is CN(C)CCNC(CO)c1cnn(-c2ccccc2)c1. The molecule has 0 aliphatic rings. The van der Waals surface area contributed by atoms with Crippen LogP contribution in [0.25, 0.3) is 5.69 Å². The second-order valence-corrected chi connectivity index (χ2v) is 5.05. The fourth-order valence-corrected chi connectivity index (χ4v) is 1.99. The molecule has 1 heterocycles. The maximum atomic E-state index is 9.51. The summed E-state index contributed by atoms with van der Waals surface area (Å²) >= 11 is 0. The number of nitrogens with one attached hydrogen (secondary N) is 1. The van der Waals surface area contributed by atoms with Crippen LogP contribution in [-0.2, 0) is 0 Å². The van der Waals surface area contributed by atoms with Crippen LogP contribution >= 0.6 is 0 Å². The first-order valence-corrected chi connectivity index (χ1v) is 6.79. The van der Waals surface area contributed by atoms with Gasteiger partial charge < -0.3 is 15.3 Å². The summed E-state index contributed by atoms with van der Waals surface area (Å²) in [5.74, 6) is 0. The highest BCUT2D eigenvalue weighted by molar-refractivity contribution is 5.31. The lowest BCUT2D eigenvalue weighted by atomic mass is 10.2. The van der Waals surface area contributed by atoms with Crippen molar-refractivity contribution < 1.29 is 5.11 Å². The van der Waals surface area contributed by atoms with Crippen molar-refractivity contribution in [1.82, 2.24) is 20.0 Å². The van der Waals surface area contributed by atoms with E-state index in [4.69, 9.17) is 0 Å². The van der Waals surface area contributed by atoms with E-state index in [1.54, 1.807) is 6.20 Å². The zero-order chi connectivity index (χ0) is 14.4. The minimum atomic E-state index is -0.0765. The van der Waals surface area contributed by atoms with Crippen LogP contribution in [0.4, 0.5) is 0 Å². The molecule has 20 heavy (non-hydrogen) atoms. The van der Waals surface area contributed by atoms with Crippen molar-refractivity contribution in [1.29, 1.82) is 0 Å². The van der Waals surface area contributed by atoms with Gasteiger partial charge in [-0.05, 0) is 26.2 Å². The van der Waals surface area contributed by atoms with Crippen molar-refractivity contribution in [2.24, 2.45) is 0 Å². The quantitative estimate of drug-likeness (QED) is 0.792. The Hall–Kier alpha value is -1.69. The molecule has 0 aliphatic heterocycles. The van der Waals surface area contributed by atoms with E-state index in [0.717, 1.165) is 24.3 Å². The molecule has 2 aromatic rings. The standard InChI is InChI=1S/C15H22N4O/c1-18(2)9-8-16-15(12-20)13-10-17-19(11-13)14-6-4-3-5-7-14/h3-7,10-11,15-16,20H,8-9,12H2,1-2H3. The molecule has 1 atom stereocenters. The highest BCUT2D eigenvalue weighted by atomic mass is 16.3. The first kappa shape index (κ1) is 14.7. The number of para-hydroxylation sites is 1. The summed E-state index contributed by atoms with van der Waals surface area (Å²) < 4.78 is 1.83. The predicted molar refractivity (Wildman–Crippen MR) is 79.9 cm³/mol. The Morgan fingerprint density at radius 1 is 1.30 bits per heavy atom. The largest absolute Gasteiger partial charge is 0.394 e. The van der Waals surface area contributed by atoms with Gasteiger partial charge in [-0.25, -0.2) is 4.68 Å². The van der Waals surface area contributed by atoms with E-state index in [-0.39, 0.29) is 12.6 Å². The van der Waals surface area contributed by atoms with Gasteiger partial charge in [-0.15, -0.1) is 0 Å². The number of rotatable bonds is 7. The maximum absolute atomic E-state index is 9.51. The molecule has 5 nitrogen and oxygen atoms in total. The fraction of sp³-hybridized carbons (Fsp3) is 0.400. The third kappa shape index (κ3) is 3.90. The van der Waals surface area contributed by atoms with Crippen LogP contribution < -0.4 is 5.32 Å². The lowest BCUT2D eigenvalue weighted by Crippen LogP contribution is -2.31. The van der Waals surface area contributed by atoms with Crippen molar-refractivity contribution in [3.05, 3.63) is 48.3 Å². The molecule has 0 saturated carbocycles. The highest BCUT2D eigenvalue weighted by Crippen LogP contribution is 2.14. The van der Waals surface area contributed by atoms with Crippen molar-refractivity contribution in [3.8, 4) is 5.69 Å². The maximum Gasteiger partial charge on any atom is 0.0645 e. The Morgan fingerprint density at radius 3 is 2.70 bits per heavy atom. The minimum absolute atomic E-state index is 0.0634. The van der Waals surface area contributed by atoms with Gasteiger partial charge >= 0.3 is 0 Å². The molecular weight excluding hydrogens is 252 g/mol. The highest BCUT2D eigenvalue weighted by Gasteiger charge is 2.12. The van der Waals surface area contributed by atoms with Gasteiger partial charge in [0.15, 0.2) is 0 Å². The number of hydrogen-bond acceptors (Lipinski definition) is 4. The van der Waals surface area contributed by atoms with Gasteiger partial charge in [0, 0.05) is 24.8 Å². The monoisotopic (exact) mass is 274 g/mol. The third-order valence-electron chi connectivity index (χ3n) is 3.16. The molecule has 0 fully saturated rings. The van der Waals surface area contributed by atoms with Gasteiger partial charge in [0.25, 0.3) is 0 Å². The van der Waals surface area contributed by atoms with Crippen LogP contribution in [0.3, 0.4) is 0 Å². The number of likely N-dealkylation sites (N-methyl/N-ethyl adjacent to an activating group) is 1. The van der Waals surface area contributed by atoms with Gasteiger partial charge in [0.1, 0.15) is 0 Å². The Bertz CT molecular complexity index is 510. The van der Waals surface area contributed by atoms with Crippen molar-refractivity contribution >= 4 is 0 Å². The molecule has 5 heteroatoms.